The molecule has 0 aliphatic rings. The van der Waals surface area contributed by atoms with Gasteiger partial charge in [-0.25, -0.2) is 4.39 Å². The molecule has 1 N–H and O–H groups in total. The van der Waals surface area contributed by atoms with E-state index in [0.29, 0.717) is 21.2 Å². The first kappa shape index (κ1) is 14.9. The van der Waals surface area contributed by atoms with E-state index in [0.717, 1.165) is 5.56 Å². The van der Waals surface area contributed by atoms with E-state index < -0.39 is 4.92 Å². The Morgan fingerprint density at radius 3 is 2.60 bits per heavy atom. The van der Waals surface area contributed by atoms with Crippen LogP contribution in [-0.2, 0) is 6.54 Å². The molecule has 0 atom stereocenters. The molecule has 2 aromatic carbocycles. The molecule has 0 spiro atoms. The maximum absolute atomic E-state index is 13.0. The van der Waals surface area contributed by atoms with Crippen molar-refractivity contribution in [2.45, 2.75) is 6.54 Å². The third-order valence-corrected chi connectivity index (χ3v) is 3.87. The largest absolute Gasteiger partial charge is 0.375 e. The summed E-state index contributed by atoms with van der Waals surface area (Å²) in [6.45, 7) is 0.351. The van der Waals surface area contributed by atoms with Crippen LogP contribution in [-0.4, -0.2) is 4.92 Å². The lowest BCUT2D eigenvalue weighted by Gasteiger charge is -2.09. The number of nitrogens with zero attached hydrogens (tertiary/aromatic N) is 1. The fraction of sp³-hybridized carbons (Fsp3) is 0.0769. The summed E-state index contributed by atoms with van der Waals surface area (Å²) < 4.78 is 14.2. The van der Waals surface area contributed by atoms with Crippen molar-refractivity contribution in [3.8, 4) is 0 Å². The summed E-state index contributed by atoms with van der Waals surface area (Å²) in [4.78, 5) is 10.5. The zero-order valence-corrected chi connectivity index (χ0v) is 13.2. The minimum Gasteiger partial charge on any atom is -0.375 e. The van der Waals surface area contributed by atoms with Gasteiger partial charge in [-0.3, -0.25) is 10.1 Å². The molecular weight excluding hydrogens is 395 g/mol. The number of hydrogen-bond acceptors (Lipinski definition) is 3. The predicted octanol–water partition coefficient (Wildman–Crippen LogP) is 4.87. The molecule has 7 heteroatoms. The van der Waals surface area contributed by atoms with Gasteiger partial charge in [0.25, 0.3) is 5.69 Å². The van der Waals surface area contributed by atoms with Crippen molar-refractivity contribution in [1.29, 1.82) is 0 Å². The average molecular weight is 404 g/mol. The summed E-state index contributed by atoms with van der Waals surface area (Å²) >= 11 is 6.46. The second kappa shape index (κ2) is 6.32. The van der Waals surface area contributed by atoms with Gasteiger partial charge in [0.05, 0.1) is 4.92 Å². The number of nitro groups is 1. The Kier molecular flexibility index (Phi) is 4.72. The van der Waals surface area contributed by atoms with Crippen LogP contribution in [0.3, 0.4) is 0 Å². The van der Waals surface area contributed by atoms with Crippen LogP contribution < -0.4 is 5.32 Å². The Morgan fingerprint density at radius 1 is 1.20 bits per heavy atom. The standard InChI is InChI=1S/C13H9Br2FN2O2/c14-9-2-4-12(13(5-9)18(19)20)17-7-8-1-3-10(16)6-11(8)15/h1-6,17H,7H2. The van der Waals surface area contributed by atoms with Crippen LogP contribution in [0.25, 0.3) is 0 Å². The highest BCUT2D eigenvalue weighted by molar-refractivity contribution is 9.10. The first-order chi connectivity index (χ1) is 9.47. The number of rotatable bonds is 4. The van der Waals surface area contributed by atoms with Gasteiger partial charge < -0.3 is 5.32 Å². The molecule has 2 rings (SSSR count). The van der Waals surface area contributed by atoms with Gasteiger partial charge in [0.15, 0.2) is 0 Å². The Balaban J connectivity index is 2.20. The Hall–Kier alpha value is -1.47. The molecule has 0 amide bonds. The molecule has 0 aliphatic heterocycles. The number of nitro benzene ring substituents is 1. The van der Waals surface area contributed by atoms with E-state index in [9.17, 15) is 14.5 Å². The summed E-state index contributed by atoms with van der Waals surface area (Å²) in [6.07, 6.45) is 0. The van der Waals surface area contributed by atoms with Crippen molar-refractivity contribution in [1.82, 2.24) is 0 Å². The zero-order chi connectivity index (χ0) is 14.7. The van der Waals surface area contributed by atoms with Crippen LogP contribution in [0.2, 0.25) is 0 Å². The molecule has 104 valence electrons. The molecule has 0 fully saturated rings. The Morgan fingerprint density at radius 2 is 1.95 bits per heavy atom. The number of halogens is 3. The van der Waals surface area contributed by atoms with Gasteiger partial charge in [-0.1, -0.05) is 37.9 Å². The summed E-state index contributed by atoms with van der Waals surface area (Å²) in [7, 11) is 0. The summed E-state index contributed by atoms with van der Waals surface area (Å²) in [5.41, 5.74) is 1.20. The minimum absolute atomic E-state index is 0.0161. The van der Waals surface area contributed by atoms with Gasteiger partial charge in [-0.05, 0) is 29.8 Å². The van der Waals surface area contributed by atoms with Crippen LogP contribution in [0.15, 0.2) is 45.3 Å². The zero-order valence-electron chi connectivity index (χ0n) is 10.1. The average Bonchev–Trinajstić information content (AvgIpc) is 2.38. The fourth-order valence-corrected chi connectivity index (χ4v) is 2.50. The minimum atomic E-state index is -0.452. The number of hydrogen-bond donors (Lipinski definition) is 1. The fourth-order valence-electron chi connectivity index (χ4n) is 1.66. The maximum Gasteiger partial charge on any atom is 0.293 e. The van der Waals surface area contributed by atoms with Crippen molar-refractivity contribution >= 4 is 43.2 Å². The lowest BCUT2D eigenvalue weighted by molar-refractivity contribution is -0.384. The lowest BCUT2D eigenvalue weighted by atomic mass is 10.2. The van der Waals surface area contributed by atoms with E-state index in [1.54, 1.807) is 18.2 Å². The second-order valence-electron chi connectivity index (χ2n) is 4.01. The summed E-state index contributed by atoms with van der Waals surface area (Å²) in [5, 5.41) is 14.0. The monoisotopic (exact) mass is 402 g/mol. The van der Waals surface area contributed by atoms with Gasteiger partial charge in [0.1, 0.15) is 11.5 Å². The van der Waals surface area contributed by atoms with Gasteiger partial charge in [0.2, 0.25) is 0 Å². The van der Waals surface area contributed by atoms with Gasteiger partial charge in [-0.15, -0.1) is 0 Å². The van der Waals surface area contributed by atoms with Gasteiger partial charge in [0, 0.05) is 21.6 Å². The molecule has 0 radical (unpaired) electrons. The van der Waals surface area contributed by atoms with Crippen LogP contribution in [0.4, 0.5) is 15.8 Å². The number of anilines is 1. The van der Waals surface area contributed by atoms with E-state index in [1.165, 1.54) is 18.2 Å². The van der Waals surface area contributed by atoms with E-state index in [-0.39, 0.29) is 11.5 Å². The van der Waals surface area contributed by atoms with Crippen LogP contribution in [0, 0.1) is 15.9 Å². The van der Waals surface area contributed by atoms with E-state index in [2.05, 4.69) is 37.2 Å². The molecule has 0 bridgehead atoms. The number of benzene rings is 2. The summed E-state index contributed by atoms with van der Waals surface area (Å²) in [6, 6.07) is 9.10. The molecule has 0 heterocycles. The predicted molar refractivity (Wildman–Crippen MR) is 82.2 cm³/mol. The lowest BCUT2D eigenvalue weighted by Crippen LogP contribution is -2.03. The van der Waals surface area contributed by atoms with Crippen molar-refractivity contribution < 1.29 is 9.31 Å². The van der Waals surface area contributed by atoms with Crippen LogP contribution in [0.1, 0.15) is 5.56 Å². The molecule has 0 unspecified atom stereocenters. The maximum atomic E-state index is 13.0. The highest BCUT2D eigenvalue weighted by Gasteiger charge is 2.14. The van der Waals surface area contributed by atoms with Crippen molar-refractivity contribution in [3.63, 3.8) is 0 Å². The van der Waals surface area contributed by atoms with E-state index in [4.69, 9.17) is 0 Å². The highest BCUT2D eigenvalue weighted by atomic mass is 79.9. The Bertz CT molecular complexity index is 665. The Labute approximate surface area is 131 Å². The SMILES string of the molecule is O=[N+]([O-])c1cc(Br)ccc1NCc1ccc(F)cc1Br. The second-order valence-corrected chi connectivity index (χ2v) is 5.78. The third-order valence-electron chi connectivity index (χ3n) is 2.64. The van der Waals surface area contributed by atoms with Gasteiger partial charge >= 0.3 is 0 Å². The van der Waals surface area contributed by atoms with E-state index in [1.807, 2.05) is 0 Å². The summed E-state index contributed by atoms with van der Waals surface area (Å²) in [5.74, 6) is -0.338. The molecule has 0 aromatic heterocycles. The quantitative estimate of drug-likeness (QED) is 0.585. The smallest absolute Gasteiger partial charge is 0.293 e. The number of nitrogens with one attached hydrogen (secondary N) is 1. The third kappa shape index (κ3) is 3.55. The molecule has 0 aliphatic carbocycles. The first-order valence-electron chi connectivity index (χ1n) is 5.59. The van der Waals surface area contributed by atoms with Crippen LogP contribution >= 0.6 is 31.9 Å². The normalized spacial score (nSPS) is 10.3. The molecular formula is C13H9Br2FN2O2. The van der Waals surface area contributed by atoms with Crippen molar-refractivity contribution in [2.75, 3.05) is 5.32 Å². The molecule has 2 aromatic rings. The molecule has 4 nitrogen and oxygen atoms in total. The van der Waals surface area contributed by atoms with E-state index >= 15 is 0 Å². The highest BCUT2D eigenvalue weighted by Crippen LogP contribution is 2.29. The molecule has 0 saturated heterocycles. The molecule has 0 saturated carbocycles. The topological polar surface area (TPSA) is 55.2 Å². The molecule has 20 heavy (non-hydrogen) atoms. The van der Waals surface area contributed by atoms with Crippen molar-refractivity contribution in [3.05, 3.63) is 66.8 Å². The first-order valence-corrected chi connectivity index (χ1v) is 7.17. The van der Waals surface area contributed by atoms with Crippen LogP contribution in [0.5, 0.6) is 0 Å². The van der Waals surface area contributed by atoms with Crippen molar-refractivity contribution in [2.24, 2.45) is 0 Å². The van der Waals surface area contributed by atoms with Gasteiger partial charge in [-0.2, -0.15) is 0 Å².